The van der Waals surface area contributed by atoms with E-state index in [1.54, 1.807) is 12.1 Å². The second-order valence-electron chi connectivity index (χ2n) is 5.05. The van der Waals surface area contributed by atoms with Crippen molar-refractivity contribution in [3.8, 4) is 0 Å². The molecule has 3 atom stereocenters. The number of nitrogens with one attached hydrogen (secondary N) is 2. The Labute approximate surface area is 130 Å². The molecule has 3 unspecified atom stereocenters. The highest BCUT2D eigenvalue weighted by Gasteiger charge is 2.33. The first kappa shape index (κ1) is 14.7. The number of allylic oxidation sites excluding steroid dienone is 2. The molecule has 1 amide bonds. The Morgan fingerprint density at radius 1 is 1.32 bits per heavy atom. The Kier molecular flexibility index (Phi) is 4.20. The van der Waals surface area contributed by atoms with E-state index in [2.05, 4.69) is 10.6 Å². The van der Waals surface area contributed by atoms with E-state index in [0.29, 0.717) is 5.56 Å². The summed E-state index contributed by atoms with van der Waals surface area (Å²) in [5.74, 6) is -0.757. The van der Waals surface area contributed by atoms with Gasteiger partial charge in [-0.05, 0) is 17.7 Å². The van der Waals surface area contributed by atoms with Gasteiger partial charge in [0.1, 0.15) is 10.7 Å². The minimum atomic E-state index is -1.41. The Hall–Kier alpha value is -2.21. The van der Waals surface area contributed by atoms with Crippen molar-refractivity contribution in [1.82, 2.24) is 10.6 Å². The summed E-state index contributed by atoms with van der Waals surface area (Å²) in [7, 11) is -1.41. The van der Waals surface area contributed by atoms with Crippen LogP contribution in [0.4, 0.5) is 4.39 Å². The molecule has 0 aromatic heterocycles. The molecular weight excluding hydrogens is 303 g/mol. The van der Waals surface area contributed by atoms with Crippen LogP contribution in [-0.2, 0) is 22.1 Å². The maximum atomic E-state index is 13.1. The van der Waals surface area contributed by atoms with Gasteiger partial charge in [0, 0.05) is 12.7 Å². The van der Waals surface area contributed by atoms with Gasteiger partial charge in [-0.15, -0.1) is 0 Å². The van der Waals surface area contributed by atoms with E-state index in [9.17, 15) is 13.4 Å². The quantitative estimate of drug-likeness (QED) is 0.888. The van der Waals surface area contributed by atoms with Crippen LogP contribution in [0.2, 0.25) is 0 Å². The third-order valence-electron chi connectivity index (χ3n) is 3.52. The van der Waals surface area contributed by atoms with Crippen LogP contribution in [0.15, 0.2) is 59.7 Å². The highest BCUT2D eigenvalue weighted by molar-refractivity contribution is 7.91. The zero-order chi connectivity index (χ0) is 15.5. The highest BCUT2D eigenvalue weighted by atomic mass is 32.2. The van der Waals surface area contributed by atoms with E-state index >= 15 is 0 Å². The van der Waals surface area contributed by atoms with E-state index in [1.165, 1.54) is 18.3 Å². The van der Waals surface area contributed by atoms with Crippen LogP contribution in [0, 0.1) is 5.82 Å². The second kappa shape index (κ2) is 6.27. The first-order valence-corrected chi connectivity index (χ1v) is 8.11. The van der Waals surface area contributed by atoms with Gasteiger partial charge in [-0.3, -0.25) is 9.00 Å². The average molecular weight is 318 g/mol. The molecule has 0 fully saturated rings. The normalized spacial score (nSPS) is 25.9. The predicted octanol–water partition coefficient (Wildman–Crippen LogP) is 1.50. The van der Waals surface area contributed by atoms with E-state index in [4.69, 9.17) is 0 Å². The fourth-order valence-corrected chi connectivity index (χ4v) is 3.79. The summed E-state index contributed by atoms with van der Waals surface area (Å²) < 4.78 is 25.6. The maximum Gasteiger partial charge on any atom is 0.262 e. The minimum absolute atomic E-state index is 0.0504. The Bertz CT molecular complexity index is 712. The van der Waals surface area contributed by atoms with Crippen molar-refractivity contribution >= 4 is 16.7 Å². The van der Waals surface area contributed by atoms with Crippen molar-refractivity contribution in [2.75, 3.05) is 0 Å². The van der Waals surface area contributed by atoms with Gasteiger partial charge in [-0.2, -0.15) is 0 Å². The van der Waals surface area contributed by atoms with Gasteiger partial charge in [-0.1, -0.05) is 36.4 Å². The number of amides is 1. The summed E-state index contributed by atoms with van der Waals surface area (Å²) in [6, 6.07) is 5.95. The van der Waals surface area contributed by atoms with Crippen molar-refractivity contribution in [2.45, 2.75) is 17.8 Å². The Morgan fingerprint density at radius 2 is 2.14 bits per heavy atom. The van der Waals surface area contributed by atoms with E-state index < -0.39 is 16.7 Å². The zero-order valence-corrected chi connectivity index (χ0v) is 12.5. The lowest BCUT2D eigenvalue weighted by atomic mass is 10.1. The molecule has 2 aliphatic rings. The van der Waals surface area contributed by atoms with Crippen molar-refractivity contribution < 1.29 is 13.4 Å². The van der Waals surface area contributed by atoms with Crippen LogP contribution in [0.25, 0.3) is 0 Å². The number of benzene rings is 1. The number of rotatable bonds is 3. The molecule has 1 aliphatic carbocycles. The molecule has 6 heteroatoms. The number of hydrogen-bond donors (Lipinski definition) is 2. The summed E-state index contributed by atoms with van der Waals surface area (Å²) in [5, 5.41) is 5.50. The van der Waals surface area contributed by atoms with Gasteiger partial charge in [-0.25, -0.2) is 4.39 Å². The second-order valence-corrected chi connectivity index (χ2v) is 6.62. The molecule has 22 heavy (non-hydrogen) atoms. The number of fused-ring (bicyclic) bond motifs is 1. The van der Waals surface area contributed by atoms with Gasteiger partial charge in [0.05, 0.1) is 22.1 Å². The van der Waals surface area contributed by atoms with Crippen LogP contribution >= 0.6 is 0 Å². The maximum absolute atomic E-state index is 13.1. The molecule has 0 bridgehead atoms. The summed E-state index contributed by atoms with van der Waals surface area (Å²) >= 11 is 0. The lowest BCUT2D eigenvalue weighted by Crippen LogP contribution is -2.45. The van der Waals surface area contributed by atoms with Crippen molar-refractivity contribution in [1.29, 1.82) is 0 Å². The molecule has 114 valence electrons. The summed E-state index contributed by atoms with van der Waals surface area (Å²) in [4.78, 5) is 12.4. The zero-order valence-electron chi connectivity index (χ0n) is 11.7. The van der Waals surface area contributed by atoms with Crippen molar-refractivity contribution in [2.24, 2.45) is 0 Å². The molecule has 2 N–H and O–H groups in total. The van der Waals surface area contributed by atoms with Gasteiger partial charge >= 0.3 is 0 Å². The minimum Gasteiger partial charge on any atom is -0.382 e. The average Bonchev–Trinajstić information content (AvgIpc) is 2.53. The molecule has 3 rings (SSSR count). The van der Waals surface area contributed by atoms with E-state index in [-0.39, 0.29) is 28.6 Å². The fourth-order valence-electron chi connectivity index (χ4n) is 2.39. The number of hydrogen-bond acceptors (Lipinski definition) is 3. The molecular formula is C16H15FN2O2S. The third-order valence-corrected chi connectivity index (χ3v) is 5.20. The van der Waals surface area contributed by atoms with Crippen LogP contribution in [-0.4, -0.2) is 21.4 Å². The monoisotopic (exact) mass is 318 g/mol. The molecule has 0 saturated carbocycles. The van der Waals surface area contributed by atoms with Gasteiger partial charge in [0.25, 0.3) is 5.91 Å². The van der Waals surface area contributed by atoms with Gasteiger partial charge < -0.3 is 10.6 Å². The third kappa shape index (κ3) is 3.01. The first-order chi connectivity index (χ1) is 10.6. The number of carbonyl (C=O) groups is 1. The molecule has 1 aromatic carbocycles. The summed E-state index contributed by atoms with van der Waals surface area (Å²) in [5.41, 5.74) is 0.655. The largest absolute Gasteiger partial charge is 0.382 e. The SMILES string of the molecule is O=C(NCc1cccc(F)c1)C1=CNC2C=CC=CC2S1=O. The number of carbonyl (C=O) groups excluding carboxylic acids is 1. The standard InChI is InChI=1S/C16H15FN2O2S/c17-12-5-3-4-11(8-12)9-19-16(20)15-10-18-13-6-1-2-7-14(13)22(15)21/h1-8,10,13-14,18H,9H2,(H,19,20). The van der Waals surface area contributed by atoms with Crippen LogP contribution in [0.1, 0.15) is 5.56 Å². The lowest BCUT2D eigenvalue weighted by molar-refractivity contribution is -0.117. The lowest BCUT2D eigenvalue weighted by Gasteiger charge is -2.29. The van der Waals surface area contributed by atoms with Gasteiger partial charge in [0.15, 0.2) is 0 Å². The van der Waals surface area contributed by atoms with E-state index in [1.807, 2.05) is 24.3 Å². The highest BCUT2D eigenvalue weighted by Crippen LogP contribution is 2.21. The number of halogens is 1. The van der Waals surface area contributed by atoms with Crippen molar-refractivity contribution in [3.63, 3.8) is 0 Å². The summed E-state index contributed by atoms with van der Waals surface area (Å²) in [6.07, 6.45) is 8.96. The van der Waals surface area contributed by atoms with Crippen LogP contribution in [0.3, 0.4) is 0 Å². The molecule has 0 radical (unpaired) electrons. The first-order valence-electron chi connectivity index (χ1n) is 6.89. The van der Waals surface area contributed by atoms with E-state index in [0.717, 1.165) is 0 Å². The molecule has 4 nitrogen and oxygen atoms in total. The van der Waals surface area contributed by atoms with Crippen LogP contribution < -0.4 is 10.6 Å². The van der Waals surface area contributed by atoms with Crippen LogP contribution in [0.5, 0.6) is 0 Å². The summed E-state index contributed by atoms with van der Waals surface area (Å²) in [6.45, 7) is 0.189. The molecule has 0 saturated heterocycles. The molecule has 1 aliphatic heterocycles. The molecule has 0 spiro atoms. The smallest absolute Gasteiger partial charge is 0.262 e. The predicted molar refractivity (Wildman–Crippen MR) is 83.5 cm³/mol. The van der Waals surface area contributed by atoms with Gasteiger partial charge in [0.2, 0.25) is 0 Å². The fraction of sp³-hybridized carbons (Fsp3) is 0.188. The Morgan fingerprint density at radius 3 is 2.95 bits per heavy atom. The molecule has 1 heterocycles. The topological polar surface area (TPSA) is 58.2 Å². The molecule has 1 aromatic rings. The van der Waals surface area contributed by atoms with Crippen molar-refractivity contribution in [3.05, 3.63) is 71.1 Å². The Balaban J connectivity index is 1.67.